The van der Waals surface area contributed by atoms with Crippen LogP contribution in [0.25, 0.3) is 0 Å². The van der Waals surface area contributed by atoms with Crippen molar-refractivity contribution in [3.05, 3.63) is 69.8 Å². The second-order valence-corrected chi connectivity index (χ2v) is 10.8. The van der Waals surface area contributed by atoms with Crippen molar-refractivity contribution < 1.29 is 18.9 Å². The molecule has 0 saturated heterocycles. The standard InChI is InChI=1S/C23H33O4P.Li.H/c1-15-9-11-17(19(13-15)22(3,4)5)21(27-28(24,25)26)18-12-10-16(2)14-20(18)23(6,7)8;;/h9-14,21H,1-8H3,(H2,24,25,26);;. The van der Waals surface area contributed by atoms with Gasteiger partial charge in [-0.15, -0.1) is 0 Å². The first-order chi connectivity index (χ1) is 12.6. The van der Waals surface area contributed by atoms with Crippen LogP contribution in [0.15, 0.2) is 36.4 Å². The summed E-state index contributed by atoms with van der Waals surface area (Å²) in [5.41, 5.74) is 5.41. The molecule has 4 nitrogen and oxygen atoms in total. The van der Waals surface area contributed by atoms with Gasteiger partial charge >= 0.3 is 26.7 Å². The molecule has 0 amide bonds. The zero-order valence-electron chi connectivity index (χ0n) is 18.2. The second kappa shape index (κ2) is 9.11. The van der Waals surface area contributed by atoms with Gasteiger partial charge in [0.05, 0.1) is 0 Å². The minimum absolute atomic E-state index is 0. The summed E-state index contributed by atoms with van der Waals surface area (Å²) in [5.74, 6) is 0. The number of benzene rings is 2. The Bertz CT molecular complexity index is 841. The zero-order chi connectivity index (χ0) is 21.5. The molecule has 0 heterocycles. The van der Waals surface area contributed by atoms with Crippen molar-refractivity contribution >= 4 is 26.7 Å². The Morgan fingerprint density at radius 1 is 0.793 bits per heavy atom. The van der Waals surface area contributed by atoms with Gasteiger partial charge in [-0.1, -0.05) is 89.1 Å². The van der Waals surface area contributed by atoms with Gasteiger partial charge in [0.15, 0.2) is 0 Å². The molecule has 0 aliphatic heterocycles. The predicted molar refractivity (Wildman–Crippen MR) is 122 cm³/mol. The Balaban J connectivity index is 0.00000420. The molecule has 0 bridgehead atoms. The molecule has 2 rings (SSSR count). The van der Waals surface area contributed by atoms with Crippen LogP contribution in [0.2, 0.25) is 0 Å². The van der Waals surface area contributed by atoms with Gasteiger partial charge in [0, 0.05) is 0 Å². The van der Waals surface area contributed by atoms with Crippen LogP contribution in [0.5, 0.6) is 0 Å². The number of hydrogen-bond donors (Lipinski definition) is 2. The van der Waals surface area contributed by atoms with E-state index in [1.807, 2.05) is 38.1 Å². The van der Waals surface area contributed by atoms with E-state index >= 15 is 0 Å². The van der Waals surface area contributed by atoms with Gasteiger partial charge in [0.2, 0.25) is 0 Å². The van der Waals surface area contributed by atoms with Gasteiger partial charge in [-0.3, -0.25) is 4.52 Å². The van der Waals surface area contributed by atoms with Crippen LogP contribution in [0.3, 0.4) is 0 Å². The normalized spacial score (nSPS) is 12.8. The van der Waals surface area contributed by atoms with Crippen LogP contribution in [0.4, 0.5) is 0 Å². The van der Waals surface area contributed by atoms with Gasteiger partial charge in [0.25, 0.3) is 0 Å². The summed E-state index contributed by atoms with van der Waals surface area (Å²) >= 11 is 0. The third kappa shape index (κ3) is 6.83. The molecular weight excluding hydrogens is 378 g/mol. The first-order valence-electron chi connectivity index (χ1n) is 9.55. The molecule has 0 unspecified atom stereocenters. The van der Waals surface area contributed by atoms with E-state index in [-0.39, 0.29) is 29.7 Å². The van der Waals surface area contributed by atoms with Crippen LogP contribution < -0.4 is 0 Å². The maximum atomic E-state index is 11.9. The van der Waals surface area contributed by atoms with E-state index in [1.54, 1.807) is 0 Å². The van der Waals surface area contributed by atoms with Gasteiger partial charge in [-0.05, 0) is 46.9 Å². The van der Waals surface area contributed by atoms with Crippen molar-refractivity contribution in [2.45, 2.75) is 72.3 Å². The van der Waals surface area contributed by atoms with Crippen molar-refractivity contribution in [3.8, 4) is 0 Å². The fourth-order valence-corrected chi connectivity index (χ4v) is 4.02. The zero-order valence-corrected chi connectivity index (χ0v) is 19.1. The predicted octanol–water partition coefficient (Wildman–Crippen LogP) is 5.45. The first kappa shape index (κ1) is 26.2. The Kier molecular flexibility index (Phi) is 8.22. The van der Waals surface area contributed by atoms with Crippen LogP contribution in [-0.4, -0.2) is 28.6 Å². The monoisotopic (exact) mass is 412 g/mol. The average Bonchev–Trinajstić information content (AvgIpc) is 2.50. The molecule has 0 atom stereocenters. The van der Waals surface area contributed by atoms with Crippen molar-refractivity contribution in [2.75, 3.05) is 0 Å². The van der Waals surface area contributed by atoms with E-state index in [2.05, 4.69) is 53.7 Å². The van der Waals surface area contributed by atoms with Crippen molar-refractivity contribution in [2.24, 2.45) is 0 Å². The van der Waals surface area contributed by atoms with Crippen molar-refractivity contribution in [3.63, 3.8) is 0 Å². The molecule has 0 spiro atoms. The van der Waals surface area contributed by atoms with Crippen molar-refractivity contribution in [1.82, 2.24) is 0 Å². The molecule has 2 aromatic carbocycles. The molecule has 6 heteroatoms. The summed E-state index contributed by atoms with van der Waals surface area (Å²) in [6.07, 6.45) is -0.856. The summed E-state index contributed by atoms with van der Waals surface area (Å²) in [6.45, 7) is 16.6. The molecule has 0 aliphatic carbocycles. The summed E-state index contributed by atoms with van der Waals surface area (Å²) in [4.78, 5) is 19.4. The third-order valence-corrected chi connectivity index (χ3v) is 5.33. The molecule has 0 aromatic heterocycles. The van der Waals surface area contributed by atoms with E-state index in [1.165, 1.54) is 0 Å². The van der Waals surface area contributed by atoms with Crippen LogP contribution in [0.1, 0.15) is 81.0 Å². The SMILES string of the molecule is Cc1ccc(C(OP(=O)(O)O)c2ccc(C)cc2C(C)(C)C)c(C(C)(C)C)c1.[LiH]. The first-order valence-corrected chi connectivity index (χ1v) is 11.1. The number of phosphoric acid groups is 1. The topological polar surface area (TPSA) is 66.8 Å². The molecule has 0 aliphatic rings. The Morgan fingerprint density at radius 3 is 1.41 bits per heavy atom. The molecule has 29 heavy (non-hydrogen) atoms. The van der Waals surface area contributed by atoms with E-state index in [9.17, 15) is 14.4 Å². The van der Waals surface area contributed by atoms with E-state index < -0.39 is 13.9 Å². The maximum absolute atomic E-state index is 11.9. The fourth-order valence-electron chi connectivity index (χ4n) is 3.51. The quantitative estimate of drug-likeness (QED) is 0.518. The summed E-state index contributed by atoms with van der Waals surface area (Å²) < 4.78 is 17.3. The Morgan fingerprint density at radius 2 is 1.14 bits per heavy atom. The third-order valence-electron chi connectivity index (χ3n) is 4.84. The van der Waals surface area contributed by atoms with Crippen molar-refractivity contribution in [1.29, 1.82) is 0 Å². The summed E-state index contributed by atoms with van der Waals surface area (Å²) in [7, 11) is -4.72. The minimum atomic E-state index is -4.72. The molecule has 0 fully saturated rings. The van der Waals surface area contributed by atoms with Gasteiger partial charge < -0.3 is 9.79 Å². The van der Waals surface area contributed by atoms with Gasteiger partial charge in [-0.25, -0.2) is 4.57 Å². The van der Waals surface area contributed by atoms with Crippen LogP contribution in [0, 0.1) is 13.8 Å². The molecular formula is C23H34LiO4P. The van der Waals surface area contributed by atoms with E-state index in [4.69, 9.17) is 4.52 Å². The molecule has 156 valence electrons. The van der Waals surface area contributed by atoms with Crippen LogP contribution >= 0.6 is 7.82 Å². The molecule has 0 saturated carbocycles. The fraction of sp³-hybridized carbons (Fsp3) is 0.478. The number of phosphoric ester groups is 1. The van der Waals surface area contributed by atoms with E-state index in [0.29, 0.717) is 0 Å². The van der Waals surface area contributed by atoms with Crippen LogP contribution in [-0.2, 0) is 19.9 Å². The Hall–Kier alpha value is -0.853. The molecule has 2 N–H and O–H groups in total. The van der Waals surface area contributed by atoms with Gasteiger partial charge in [0.1, 0.15) is 6.10 Å². The number of hydrogen-bond acceptors (Lipinski definition) is 2. The average molecular weight is 412 g/mol. The summed E-state index contributed by atoms with van der Waals surface area (Å²) in [5, 5.41) is 0. The molecule has 2 aromatic rings. The number of rotatable bonds is 4. The second-order valence-electron chi connectivity index (χ2n) is 9.66. The Labute approximate surface area is 187 Å². The summed E-state index contributed by atoms with van der Waals surface area (Å²) in [6, 6.07) is 12.0. The van der Waals surface area contributed by atoms with E-state index in [0.717, 1.165) is 33.4 Å². The molecule has 0 radical (unpaired) electrons. The number of aryl methyl sites for hydroxylation is 2. The van der Waals surface area contributed by atoms with Gasteiger partial charge in [-0.2, -0.15) is 0 Å².